The summed E-state index contributed by atoms with van der Waals surface area (Å²) in [6, 6.07) is 22.6. The summed E-state index contributed by atoms with van der Waals surface area (Å²) in [5.74, 6) is 0.627. The highest BCUT2D eigenvalue weighted by Gasteiger charge is 2.09. The summed E-state index contributed by atoms with van der Waals surface area (Å²) in [4.78, 5) is 4.21. The van der Waals surface area contributed by atoms with E-state index in [-0.39, 0.29) is 0 Å². The molecule has 0 aliphatic carbocycles. The second kappa shape index (κ2) is 5.10. The Balaban J connectivity index is 1.66. The van der Waals surface area contributed by atoms with E-state index >= 15 is 0 Å². The molecule has 5 rings (SSSR count). The predicted octanol–water partition coefficient (Wildman–Crippen LogP) is 5.91. The normalized spacial score (nSPS) is 11.3. The maximum absolute atomic E-state index is 5.99. The summed E-state index contributed by atoms with van der Waals surface area (Å²) in [5.41, 5.74) is 4.98. The molecule has 114 valence electrons. The Morgan fingerprint density at radius 3 is 2.42 bits per heavy atom. The fourth-order valence-corrected chi connectivity index (χ4v) is 3.10. The van der Waals surface area contributed by atoms with Crippen LogP contribution in [-0.2, 0) is 0 Å². The van der Waals surface area contributed by atoms with Gasteiger partial charge in [-0.05, 0) is 41.5 Å². The van der Waals surface area contributed by atoms with Crippen LogP contribution in [0.15, 0.2) is 88.0 Å². The lowest BCUT2D eigenvalue weighted by molar-refractivity contribution is 0.574. The van der Waals surface area contributed by atoms with E-state index in [4.69, 9.17) is 8.83 Å². The largest absolute Gasteiger partial charge is 0.456 e. The van der Waals surface area contributed by atoms with Crippen molar-refractivity contribution in [3.8, 4) is 22.6 Å². The van der Waals surface area contributed by atoms with Crippen LogP contribution in [0.25, 0.3) is 44.5 Å². The minimum atomic E-state index is 0.627. The smallest absolute Gasteiger partial charge is 0.225 e. The average Bonchev–Trinajstić information content (AvgIpc) is 3.29. The van der Waals surface area contributed by atoms with Gasteiger partial charge >= 0.3 is 0 Å². The lowest BCUT2D eigenvalue weighted by atomic mass is 10.0. The van der Waals surface area contributed by atoms with Crippen molar-refractivity contribution < 1.29 is 8.83 Å². The molecule has 2 aromatic heterocycles. The lowest BCUT2D eigenvalue weighted by Crippen LogP contribution is -1.81. The predicted molar refractivity (Wildman–Crippen MR) is 94.7 cm³/mol. The first-order chi connectivity index (χ1) is 11.9. The third-order valence-electron chi connectivity index (χ3n) is 4.25. The van der Waals surface area contributed by atoms with Gasteiger partial charge < -0.3 is 8.83 Å². The maximum atomic E-state index is 5.99. The van der Waals surface area contributed by atoms with E-state index < -0.39 is 0 Å². The van der Waals surface area contributed by atoms with Crippen molar-refractivity contribution in [1.82, 2.24) is 4.98 Å². The quantitative estimate of drug-likeness (QED) is 0.407. The third kappa shape index (κ3) is 2.02. The zero-order chi connectivity index (χ0) is 15.9. The van der Waals surface area contributed by atoms with Gasteiger partial charge in [-0.25, -0.2) is 4.98 Å². The lowest BCUT2D eigenvalue weighted by Gasteiger charge is -2.03. The summed E-state index contributed by atoms with van der Waals surface area (Å²) >= 11 is 0. The topological polar surface area (TPSA) is 39.2 Å². The first-order valence-corrected chi connectivity index (χ1v) is 7.80. The fraction of sp³-hybridized carbons (Fsp3) is 0. The molecule has 24 heavy (non-hydrogen) atoms. The van der Waals surface area contributed by atoms with Crippen LogP contribution in [0.2, 0.25) is 0 Å². The van der Waals surface area contributed by atoms with E-state index in [1.54, 1.807) is 12.5 Å². The summed E-state index contributed by atoms with van der Waals surface area (Å²) in [5, 5.41) is 2.28. The highest BCUT2D eigenvalue weighted by molar-refractivity contribution is 6.05. The van der Waals surface area contributed by atoms with Crippen LogP contribution in [-0.4, -0.2) is 4.98 Å². The van der Waals surface area contributed by atoms with Gasteiger partial charge in [-0.15, -0.1) is 0 Å². The van der Waals surface area contributed by atoms with Crippen molar-refractivity contribution in [2.75, 3.05) is 0 Å². The van der Waals surface area contributed by atoms with Gasteiger partial charge in [0.05, 0.1) is 6.20 Å². The van der Waals surface area contributed by atoms with Gasteiger partial charge in [-0.1, -0.05) is 36.4 Å². The Bertz CT molecular complexity index is 1150. The average molecular weight is 311 g/mol. The number of oxazole rings is 1. The molecule has 0 amide bonds. The van der Waals surface area contributed by atoms with E-state index in [1.807, 2.05) is 30.3 Å². The maximum Gasteiger partial charge on any atom is 0.225 e. The molecule has 2 heterocycles. The van der Waals surface area contributed by atoms with Crippen LogP contribution < -0.4 is 0 Å². The van der Waals surface area contributed by atoms with Crippen molar-refractivity contribution >= 4 is 21.9 Å². The molecule has 0 unspecified atom stereocenters. The van der Waals surface area contributed by atoms with Gasteiger partial charge in [-0.2, -0.15) is 0 Å². The fourth-order valence-electron chi connectivity index (χ4n) is 3.10. The Kier molecular flexibility index (Phi) is 2.79. The van der Waals surface area contributed by atoms with Gasteiger partial charge in [0.15, 0.2) is 0 Å². The molecular formula is C21H13NO2. The van der Waals surface area contributed by atoms with Crippen LogP contribution in [0.3, 0.4) is 0 Å². The number of hydrogen-bond acceptors (Lipinski definition) is 3. The summed E-state index contributed by atoms with van der Waals surface area (Å²) in [6.07, 6.45) is 3.24. The standard InChI is InChI=1S/C21H13NO2/c1-2-7-19-17(6-1)18-9-8-15(13-20(18)24-19)14-4-3-5-16(12-14)21-22-10-11-23-21/h1-13H. The van der Waals surface area contributed by atoms with Crippen LogP contribution in [0.1, 0.15) is 0 Å². The van der Waals surface area contributed by atoms with Crippen LogP contribution >= 0.6 is 0 Å². The number of rotatable bonds is 2. The van der Waals surface area contributed by atoms with Crippen molar-refractivity contribution in [2.24, 2.45) is 0 Å². The van der Waals surface area contributed by atoms with Crippen LogP contribution in [0.4, 0.5) is 0 Å². The second-order valence-corrected chi connectivity index (χ2v) is 5.73. The molecule has 0 saturated heterocycles. The Labute approximate surface area is 138 Å². The van der Waals surface area contributed by atoms with Crippen LogP contribution in [0.5, 0.6) is 0 Å². The molecule has 0 saturated carbocycles. The molecule has 0 aliphatic rings. The van der Waals surface area contributed by atoms with E-state index in [0.717, 1.165) is 38.6 Å². The number of benzene rings is 3. The Hall–Kier alpha value is -3.33. The molecular weight excluding hydrogens is 298 g/mol. The Morgan fingerprint density at radius 1 is 0.667 bits per heavy atom. The number of hydrogen-bond donors (Lipinski definition) is 0. The molecule has 0 N–H and O–H groups in total. The monoisotopic (exact) mass is 311 g/mol. The number of para-hydroxylation sites is 1. The molecule has 3 nitrogen and oxygen atoms in total. The van der Waals surface area contributed by atoms with Crippen LogP contribution in [0, 0.1) is 0 Å². The van der Waals surface area contributed by atoms with Crippen molar-refractivity contribution in [2.45, 2.75) is 0 Å². The number of furan rings is 1. The SMILES string of the molecule is c1cc(-c2ccc3c(c2)oc2ccccc23)cc(-c2ncco2)c1. The molecule has 0 atom stereocenters. The molecule has 0 aliphatic heterocycles. The van der Waals surface area contributed by atoms with E-state index in [9.17, 15) is 0 Å². The van der Waals surface area contributed by atoms with Gasteiger partial charge in [0.2, 0.25) is 5.89 Å². The summed E-state index contributed by atoms with van der Waals surface area (Å²) in [7, 11) is 0. The molecule has 0 spiro atoms. The van der Waals surface area contributed by atoms with E-state index in [0.29, 0.717) is 5.89 Å². The van der Waals surface area contributed by atoms with Gasteiger partial charge in [0.25, 0.3) is 0 Å². The highest BCUT2D eigenvalue weighted by Crippen LogP contribution is 2.33. The summed E-state index contributed by atoms with van der Waals surface area (Å²) < 4.78 is 11.4. The van der Waals surface area contributed by atoms with Crippen molar-refractivity contribution in [3.05, 3.63) is 79.2 Å². The minimum Gasteiger partial charge on any atom is -0.456 e. The van der Waals surface area contributed by atoms with Gasteiger partial charge in [0, 0.05) is 16.3 Å². The van der Waals surface area contributed by atoms with Crippen molar-refractivity contribution in [1.29, 1.82) is 0 Å². The Morgan fingerprint density at radius 2 is 1.50 bits per heavy atom. The van der Waals surface area contributed by atoms with E-state index in [1.165, 1.54) is 0 Å². The molecule has 3 aromatic carbocycles. The molecule has 5 aromatic rings. The number of fused-ring (bicyclic) bond motifs is 3. The second-order valence-electron chi connectivity index (χ2n) is 5.73. The number of nitrogens with zero attached hydrogens (tertiary/aromatic N) is 1. The van der Waals surface area contributed by atoms with Gasteiger partial charge in [0.1, 0.15) is 17.4 Å². The molecule has 0 radical (unpaired) electrons. The summed E-state index contributed by atoms with van der Waals surface area (Å²) in [6.45, 7) is 0. The molecule has 0 bridgehead atoms. The molecule has 0 fully saturated rings. The van der Waals surface area contributed by atoms with Crippen molar-refractivity contribution in [3.63, 3.8) is 0 Å². The highest BCUT2D eigenvalue weighted by atomic mass is 16.3. The zero-order valence-corrected chi connectivity index (χ0v) is 12.8. The van der Waals surface area contributed by atoms with E-state index in [2.05, 4.69) is 41.4 Å². The number of aromatic nitrogens is 1. The zero-order valence-electron chi connectivity index (χ0n) is 12.8. The first-order valence-electron chi connectivity index (χ1n) is 7.80. The third-order valence-corrected chi connectivity index (χ3v) is 4.25. The first kappa shape index (κ1) is 13.1. The molecule has 3 heteroatoms. The minimum absolute atomic E-state index is 0.627. The van der Waals surface area contributed by atoms with Gasteiger partial charge in [-0.3, -0.25) is 0 Å².